The van der Waals surface area contributed by atoms with Crippen molar-refractivity contribution in [3.05, 3.63) is 0 Å². The van der Waals surface area contributed by atoms with Gasteiger partial charge in [-0.1, -0.05) is 6.92 Å². The zero-order valence-corrected chi connectivity index (χ0v) is 19.5. The first-order chi connectivity index (χ1) is 15.3. The maximum atomic E-state index is 13.5. The number of carbonyl (C=O) groups is 2. The highest BCUT2D eigenvalue weighted by Gasteiger charge is 2.48. The van der Waals surface area contributed by atoms with E-state index >= 15 is 0 Å². The lowest BCUT2D eigenvalue weighted by Crippen LogP contribution is -2.54. The SMILES string of the molecule is CC1CNCC(NC(=O)C2CC3CCC(C(=N)N)CC3N2CC2CCC(C(N)=O)CC2)C1. The van der Waals surface area contributed by atoms with Crippen LogP contribution in [0.25, 0.3) is 0 Å². The van der Waals surface area contributed by atoms with Crippen molar-refractivity contribution in [1.82, 2.24) is 15.5 Å². The highest BCUT2D eigenvalue weighted by Crippen LogP contribution is 2.43. The summed E-state index contributed by atoms with van der Waals surface area (Å²) in [5.74, 6) is 2.01. The number of fused-ring (bicyclic) bond motifs is 1. The number of carbonyl (C=O) groups excluding carboxylic acids is 2. The third-order valence-electron chi connectivity index (χ3n) is 8.69. The molecule has 0 aromatic rings. The molecule has 0 radical (unpaired) electrons. The van der Waals surface area contributed by atoms with E-state index in [2.05, 4.69) is 22.5 Å². The first kappa shape index (κ1) is 23.5. The van der Waals surface area contributed by atoms with Gasteiger partial charge in [0.1, 0.15) is 0 Å². The number of hydrogen-bond donors (Lipinski definition) is 5. The normalized spacial score (nSPS) is 40.4. The summed E-state index contributed by atoms with van der Waals surface area (Å²) in [6.45, 7) is 4.99. The molecule has 2 heterocycles. The number of piperidine rings is 1. The number of amides is 2. The Hall–Kier alpha value is -1.67. The summed E-state index contributed by atoms with van der Waals surface area (Å²) >= 11 is 0. The van der Waals surface area contributed by atoms with Gasteiger partial charge in [-0.2, -0.15) is 0 Å². The van der Waals surface area contributed by atoms with Crippen LogP contribution in [0.4, 0.5) is 0 Å². The van der Waals surface area contributed by atoms with E-state index in [1.807, 2.05) is 0 Å². The van der Waals surface area contributed by atoms with Crippen LogP contribution >= 0.6 is 0 Å². The molecular formula is C24H42N6O2. The number of nitrogens with two attached hydrogens (primary N) is 2. The van der Waals surface area contributed by atoms with Crippen LogP contribution in [-0.4, -0.2) is 60.3 Å². The molecule has 2 saturated heterocycles. The van der Waals surface area contributed by atoms with Crippen molar-refractivity contribution in [3.63, 3.8) is 0 Å². The van der Waals surface area contributed by atoms with Gasteiger partial charge in [-0.15, -0.1) is 0 Å². The average Bonchev–Trinajstić information content (AvgIpc) is 3.12. The number of nitrogens with one attached hydrogen (secondary N) is 3. The molecule has 0 spiro atoms. The fourth-order valence-electron chi connectivity index (χ4n) is 6.84. The quantitative estimate of drug-likeness (QED) is 0.308. The molecule has 2 saturated carbocycles. The Balaban J connectivity index is 1.44. The van der Waals surface area contributed by atoms with Gasteiger partial charge in [-0.05, 0) is 82.1 Å². The Morgan fingerprint density at radius 1 is 1.00 bits per heavy atom. The van der Waals surface area contributed by atoms with Crippen molar-refractivity contribution in [2.75, 3.05) is 19.6 Å². The number of likely N-dealkylation sites (tertiary alicyclic amines) is 1. The molecular weight excluding hydrogens is 404 g/mol. The molecule has 2 amide bonds. The lowest BCUT2D eigenvalue weighted by atomic mass is 9.77. The van der Waals surface area contributed by atoms with Crippen molar-refractivity contribution >= 4 is 17.6 Å². The van der Waals surface area contributed by atoms with E-state index in [0.29, 0.717) is 29.6 Å². The summed E-state index contributed by atoms with van der Waals surface area (Å²) in [7, 11) is 0. The van der Waals surface area contributed by atoms with Gasteiger partial charge in [0.05, 0.1) is 11.9 Å². The van der Waals surface area contributed by atoms with Crippen LogP contribution in [-0.2, 0) is 9.59 Å². The minimum atomic E-state index is -0.172. The molecule has 2 aliphatic heterocycles. The van der Waals surface area contributed by atoms with Gasteiger partial charge in [-0.3, -0.25) is 19.9 Å². The first-order valence-electron chi connectivity index (χ1n) is 12.7. The Bertz CT molecular complexity index is 707. The second-order valence-corrected chi connectivity index (χ2v) is 11.1. The largest absolute Gasteiger partial charge is 0.387 e. The van der Waals surface area contributed by atoms with Gasteiger partial charge in [0.15, 0.2) is 0 Å². The zero-order chi connectivity index (χ0) is 22.8. The molecule has 6 atom stereocenters. The second kappa shape index (κ2) is 10.1. The summed E-state index contributed by atoms with van der Waals surface area (Å²) < 4.78 is 0. The topological polar surface area (TPSA) is 137 Å². The summed E-state index contributed by atoms with van der Waals surface area (Å²) in [6, 6.07) is 0.430. The summed E-state index contributed by atoms with van der Waals surface area (Å²) in [6.07, 6.45) is 8.56. The van der Waals surface area contributed by atoms with Crippen LogP contribution in [0.5, 0.6) is 0 Å². The molecule has 7 N–H and O–H groups in total. The third kappa shape index (κ3) is 5.28. The Kier molecular flexibility index (Phi) is 7.40. The number of hydrogen-bond acceptors (Lipinski definition) is 5. The Morgan fingerprint density at radius 3 is 2.38 bits per heavy atom. The summed E-state index contributed by atoms with van der Waals surface area (Å²) in [5, 5.41) is 14.8. The predicted molar refractivity (Wildman–Crippen MR) is 125 cm³/mol. The molecule has 0 bridgehead atoms. The predicted octanol–water partition coefficient (Wildman–Crippen LogP) is 1.19. The van der Waals surface area contributed by atoms with Crippen molar-refractivity contribution in [2.24, 2.45) is 41.1 Å². The zero-order valence-electron chi connectivity index (χ0n) is 19.5. The highest BCUT2D eigenvalue weighted by atomic mass is 16.2. The van der Waals surface area contributed by atoms with Gasteiger partial charge in [0.2, 0.25) is 11.8 Å². The van der Waals surface area contributed by atoms with Crippen molar-refractivity contribution in [1.29, 1.82) is 5.41 Å². The fraction of sp³-hybridized carbons (Fsp3) is 0.875. The van der Waals surface area contributed by atoms with E-state index in [1.54, 1.807) is 0 Å². The van der Waals surface area contributed by atoms with Crippen LogP contribution < -0.4 is 22.1 Å². The van der Waals surface area contributed by atoms with Crippen LogP contribution in [0, 0.1) is 35.0 Å². The van der Waals surface area contributed by atoms with Gasteiger partial charge in [-0.25, -0.2) is 0 Å². The fourth-order valence-corrected chi connectivity index (χ4v) is 6.84. The van der Waals surface area contributed by atoms with Gasteiger partial charge in [0.25, 0.3) is 0 Å². The van der Waals surface area contributed by atoms with E-state index in [4.69, 9.17) is 16.9 Å². The molecule has 0 aromatic carbocycles. The highest BCUT2D eigenvalue weighted by molar-refractivity contribution is 5.83. The van der Waals surface area contributed by atoms with Gasteiger partial charge in [0, 0.05) is 37.0 Å². The lowest BCUT2D eigenvalue weighted by Gasteiger charge is -2.40. The molecule has 6 unspecified atom stereocenters. The van der Waals surface area contributed by atoms with Gasteiger partial charge < -0.3 is 22.1 Å². The second-order valence-electron chi connectivity index (χ2n) is 11.1. The van der Waals surface area contributed by atoms with Crippen molar-refractivity contribution in [2.45, 2.75) is 82.8 Å². The molecule has 32 heavy (non-hydrogen) atoms. The number of primary amides is 1. The third-order valence-corrected chi connectivity index (χ3v) is 8.69. The van der Waals surface area contributed by atoms with Crippen LogP contribution in [0.1, 0.15) is 64.7 Å². The van der Waals surface area contributed by atoms with Crippen LogP contribution in [0.3, 0.4) is 0 Å². The van der Waals surface area contributed by atoms with Crippen molar-refractivity contribution in [3.8, 4) is 0 Å². The van der Waals surface area contributed by atoms with Crippen LogP contribution in [0.2, 0.25) is 0 Å². The smallest absolute Gasteiger partial charge is 0.237 e. The first-order valence-corrected chi connectivity index (χ1v) is 12.7. The molecule has 4 fully saturated rings. The maximum Gasteiger partial charge on any atom is 0.237 e. The molecule has 2 aliphatic carbocycles. The number of nitrogens with zero attached hydrogens (tertiary/aromatic N) is 1. The van der Waals surface area contributed by atoms with Gasteiger partial charge >= 0.3 is 0 Å². The maximum absolute atomic E-state index is 13.5. The molecule has 8 heteroatoms. The lowest BCUT2D eigenvalue weighted by molar-refractivity contribution is -0.127. The number of rotatable bonds is 6. The minimum Gasteiger partial charge on any atom is -0.387 e. The standard InChI is InChI=1S/C24H42N6O2/c1-14-8-19(12-28-11-14)29-24(32)21-9-17-6-7-18(22(25)26)10-20(17)30(21)13-15-2-4-16(5-3-15)23(27)31/h14-21,28H,2-13H2,1H3,(H3,25,26)(H2,27,31)(H,29,32). The van der Waals surface area contributed by atoms with E-state index in [0.717, 1.165) is 77.4 Å². The van der Waals surface area contributed by atoms with E-state index < -0.39 is 0 Å². The van der Waals surface area contributed by atoms with E-state index in [-0.39, 0.29) is 35.7 Å². The van der Waals surface area contributed by atoms with E-state index in [9.17, 15) is 9.59 Å². The molecule has 180 valence electrons. The molecule has 0 aromatic heterocycles. The monoisotopic (exact) mass is 446 g/mol. The minimum absolute atomic E-state index is 0.00855. The number of amidine groups is 1. The Labute approximate surface area is 192 Å². The summed E-state index contributed by atoms with van der Waals surface area (Å²) in [5.41, 5.74) is 11.4. The van der Waals surface area contributed by atoms with E-state index in [1.165, 1.54) is 0 Å². The summed E-state index contributed by atoms with van der Waals surface area (Å²) in [4.78, 5) is 27.5. The van der Waals surface area contributed by atoms with Crippen LogP contribution in [0.15, 0.2) is 0 Å². The molecule has 8 nitrogen and oxygen atoms in total. The molecule has 4 rings (SSSR count). The Morgan fingerprint density at radius 2 is 1.72 bits per heavy atom. The average molecular weight is 447 g/mol. The van der Waals surface area contributed by atoms with Crippen molar-refractivity contribution < 1.29 is 9.59 Å². The molecule has 4 aliphatic rings.